The number of nitrogens with zero attached hydrogens (tertiary/aromatic N) is 2. The third-order valence-electron chi connectivity index (χ3n) is 9.68. The van der Waals surface area contributed by atoms with Crippen molar-refractivity contribution in [2.75, 3.05) is 0 Å². The molecule has 0 saturated carbocycles. The molecule has 0 spiro atoms. The lowest BCUT2D eigenvalue weighted by atomic mass is 9.94. The van der Waals surface area contributed by atoms with Gasteiger partial charge in [-0.3, -0.25) is 0 Å². The fraction of sp³-hybridized carbons (Fsp3) is 0. The molecule has 0 radical (unpaired) electrons. The van der Waals surface area contributed by atoms with Gasteiger partial charge in [0.1, 0.15) is 0 Å². The standard InChI is InChI=1S/C50H34N2/c1-3-13-35(14-4-1)37-27-29-38(30-28-37)49-47-25-7-8-26-48(47)51-50(52-49)46-24-12-23-45(34-46)44-22-11-21-43(33-44)42-20-10-19-41(32-42)40-18-9-17-39(31-40)36-15-5-2-6-16-36/h1-34H. The SMILES string of the molecule is c1ccc(-c2ccc(-c3nc(-c4cccc(-c5cccc(-c6cccc(-c7cccc(-c8ccccc8)c7)c6)c5)c4)nc4ccccc34)cc2)cc1. The lowest BCUT2D eigenvalue weighted by Crippen LogP contribution is -1.95. The molecule has 1 heterocycles. The molecule has 2 heteroatoms. The average molecular weight is 663 g/mol. The Morgan fingerprint density at radius 3 is 1.10 bits per heavy atom. The summed E-state index contributed by atoms with van der Waals surface area (Å²) in [6.45, 7) is 0. The van der Waals surface area contributed by atoms with Crippen LogP contribution in [-0.4, -0.2) is 9.97 Å². The zero-order chi connectivity index (χ0) is 34.7. The van der Waals surface area contributed by atoms with E-state index in [1.807, 2.05) is 12.1 Å². The van der Waals surface area contributed by atoms with E-state index in [0.29, 0.717) is 5.82 Å². The van der Waals surface area contributed by atoms with Crippen LogP contribution in [0.4, 0.5) is 0 Å². The van der Waals surface area contributed by atoms with Gasteiger partial charge in [0.05, 0.1) is 11.2 Å². The van der Waals surface area contributed by atoms with Crippen LogP contribution in [0.1, 0.15) is 0 Å². The van der Waals surface area contributed by atoms with Crippen molar-refractivity contribution in [1.82, 2.24) is 9.97 Å². The van der Waals surface area contributed by atoms with Crippen LogP contribution in [0.3, 0.4) is 0 Å². The molecule has 0 atom stereocenters. The molecule has 0 saturated heterocycles. The number of para-hydroxylation sites is 1. The van der Waals surface area contributed by atoms with E-state index in [2.05, 4.69) is 194 Å². The first-order valence-corrected chi connectivity index (χ1v) is 17.6. The fourth-order valence-electron chi connectivity index (χ4n) is 6.98. The van der Waals surface area contributed by atoms with E-state index in [1.54, 1.807) is 0 Å². The third kappa shape index (κ3) is 6.30. The number of hydrogen-bond donors (Lipinski definition) is 0. The molecule has 0 aliphatic rings. The Labute approximate surface area is 304 Å². The molecule has 0 N–H and O–H groups in total. The smallest absolute Gasteiger partial charge is 0.160 e. The summed E-state index contributed by atoms with van der Waals surface area (Å²) in [6, 6.07) is 72.9. The van der Waals surface area contributed by atoms with Gasteiger partial charge in [-0.05, 0) is 86.0 Å². The monoisotopic (exact) mass is 662 g/mol. The molecular formula is C50H34N2. The van der Waals surface area contributed by atoms with Crippen molar-refractivity contribution < 1.29 is 0 Å². The Balaban J connectivity index is 1.04. The van der Waals surface area contributed by atoms with E-state index in [0.717, 1.165) is 38.9 Å². The average Bonchev–Trinajstić information content (AvgIpc) is 3.24. The van der Waals surface area contributed by atoms with Gasteiger partial charge in [-0.25, -0.2) is 9.97 Å². The van der Waals surface area contributed by atoms with E-state index in [-0.39, 0.29) is 0 Å². The minimum absolute atomic E-state index is 0.712. The van der Waals surface area contributed by atoms with Crippen LogP contribution in [-0.2, 0) is 0 Å². The molecule has 2 nitrogen and oxygen atoms in total. The first-order valence-electron chi connectivity index (χ1n) is 17.6. The van der Waals surface area contributed by atoms with Gasteiger partial charge in [0, 0.05) is 16.5 Å². The van der Waals surface area contributed by atoms with Crippen molar-refractivity contribution in [3.05, 3.63) is 206 Å². The number of rotatable bonds is 7. The Kier molecular flexibility index (Phi) is 8.24. The normalized spacial score (nSPS) is 11.1. The highest BCUT2D eigenvalue weighted by Crippen LogP contribution is 2.34. The Bertz CT molecular complexity index is 2660. The van der Waals surface area contributed by atoms with E-state index < -0.39 is 0 Å². The van der Waals surface area contributed by atoms with Gasteiger partial charge in [-0.2, -0.15) is 0 Å². The van der Waals surface area contributed by atoms with E-state index >= 15 is 0 Å². The van der Waals surface area contributed by atoms with Gasteiger partial charge in [0.15, 0.2) is 5.82 Å². The topological polar surface area (TPSA) is 25.8 Å². The fourth-order valence-corrected chi connectivity index (χ4v) is 6.98. The summed E-state index contributed by atoms with van der Waals surface area (Å²) >= 11 is 0. The summed E-state index contributed by atoms with van der Waals surface area (Å²) in [5.41, 5.74) is 15.7. The quantitative estimate of drug-likeness (QED) is 0.170. The molecule has 0 bridgehead atoms. The van der Waals surface area contributed by atoms with Crippen LogP contribution in [0.25, 0.3) is 89.2 Å². The molecule has 52 heavy (non-hydrogen) atoms. The van der Waals surface area contributed by atoms with Gasteiger partial charge in [-0.1, -0.05) is 176 Å². The second kappa shape index (κ2) is 13.8. The summed E-state index contributed by atoms with van der Waals surface area (Å²) in [7, 11) is 0. The van der Waals surface area contributed by atoms with E-state index in [1.165, 1.54) is 44.5 Å². The van der Waals surface area contributed by atoms with Crippen LogP contribution >= 0.6 is 0 Å². The van der Waals surface area contributed by atoms with Gasteiger partial charge < -0.3 is 0 Å². The number of hydrogen-bond acceptors (Lipinski definition) is 2. The van der Waals surface area contributed by atoms with Gasteiger partial charge in [0.25, 0.3) is 0 Å². The maximum Gasteiger partial charge on any atom is 0.160 e. The van der Waals surface area contributed by atoms with Crippen molar-refractivity contribution in [2.24, 2.45) is 0 Å². The predicted octanol–water partition coefficient (Wildman–Crippen LogP) is 13.3. The summed E-state index contributed by atoms with van der Waals surface area (Å²) < 4.78 is 0. The van der Waals surface area contributed by atoms with Crippen molar-refractivity contribution >= 4 is 10.9 Å². The summed E-state index contributed by atoms with van der Waals surface area (Å²) in [5.74, 6) is 0.712. The van der Waals surface area contributed by atoms with Crippen molar-refractivity contribution in [3.63, 3.8) is 0 Å². The second-order valence-electron chi connectivity index (χ2n) is 13.0. The second-order valence-corrected chi connectivity index (χ2v) is 13.0. The van der Waals surface area contributed by atoms with Crippen LogP contribution in [0, 0.1) is 0 Å². The van der Waals surface area contributed by atoms with Crippen LogP contribution in [0.2, 0.25) is 0 Å². The number of aromatic nitrogens is 2. The molecular weight excluding hydrogens is 629 g/mol. The minimum Gasteiger partial charge on any atom is -0.228 e. The molecule has 0 aliphatic carbocycles. The first-order chi connectivity index (χ1) is 25.7. The Morgan fingerprint density at radius 1 is 0.231 bits per heavy atom. The lowest BCUT2D eigenvalue weighted by molar-refractivity contribution is 1.23. The molecule has 0 aliphatic heterocycles. The van der Waals surface area contributed by atoms with Gasteiger partial charge >= 0.3 is 0 Å². The lowest BCUT2D eigenvalue weighted by Gasteiger charge is -2.12. The highest BCUT2D eigenvalue weighted by atomic mass is 14.9. The van der Waals surface area contributed by atoms with Gasteiger partial charge in [-0.15, -0.1) is 0 Å². The van der Waals surface area contributed by atoms with E-state index in [9.17, 15) is 0 Å². The molecule has 8 aromatic carbocycles. The first kappa shape index (κ1) is 31.1. The van der Waals surface area contributed by atoms with Crippen LogP contribution in [0.5, 0.6) is 0 Å². The van der Waals surface area contributed by atoms with Crippen molar-refractivity contribution in [1.29, 1.82) is 0 Å². The molecule has 0 amide bonds. The molecule has 9 rings (SSSR count). The maximum absolute atomic E-state index is 5.20. The van der Waals surface area contributed by atoms with E-state index in [4.69, 9.17) is 9.97 Å². The highest BCUT2D eigenvalue weighted by molar-refractivity contribution is 5.94. The largest absolute Gasteiger partial charge is 0.228 e. The summed E-state index contributed by atoms with van der Waals surface area (Å²) in [6.07, 6.45) is 0. The Morgan fingerprint density at radius 2 is 0.577 bits per heavy atom. The summed E-state index contributed by atoms with van der Waals surface area (Å²) in [4.78, 5) is 10.2. The zero-order valence-corrected chi connectivity index (χ0v) is 28.5. The molecule has 0 fully saturated rings. The van der Waals surface area contributed by atoms with Crippen molar-refractivity contribution in [3.8, 4) is 78.3 Å². The predicted molar refractivity (Wildman–Crippen MR) is 218 cm³/mol. The molecule has 0 unspecified atom stereocenters. The molecule has 9 aromatic rings. The van der Waals surface area contributed by atoms with Crippen molar-refractivity contribution in [2.45, 2.75) is 0 Å². The molecule has 1 aromatic heterocycles. The molecule has 244 valence electrons. The van der Waals surface area contributed by atoms with Gasteiger partial charge in [0.2, 0.25) is 0 Å². The maximum atomic E-state index is 5.20. The number of benzene rings is 8. The van der Waals surface area contributed by atoms with Crippen LogP contribution < -0.4 is 0 Å². The highest BCUT2D eigenvalue weighted by Gasteiger charge is 2.13. The zero-order valence-electron chi connectivity index (χ0n) is 28.5. The summed E-state index contributed by atoms with van der Waals surface area (Å²) in [5, 5.41) is 1.04. The third-order valence-corrected chi connectivity index (χ3v) is 9.68. The minimum atomic E-state index is 0.712. The number of fused-ring (bicyclic) bond motifs is 1. The Hall–Kier alpha value is -6.90. The van der Waals surface area contributed by atoms with Crippen LogP contribution in [0.15, 0.2) is 206 Å².